The molecule has 240 valence electrons. The van der Waals surface area contributed by atoms with Crippen LogP contribution in [0.25, 0.3) is 110 Å². The van der Waals surface area contributed by atoms with Gasteiger partial charge < -0.3 is 0 Å². The third kappa shape index (κ3) is 4.28. The average molecular weight is 657 g/mol. The molecule has 0 fully saturated rings. The molecule has 52 heavy (non-hydrogen) atoms. The van der Waals surface area contributed by atoms with Crippen molar-refractivity contribution >= 4 is 43.1 Å². The number of fused-ring (bicyclic) bond motifs is 7. The van der Waals surface area contributed by atoms with E-state index >= 15 is 0 Å². The lowest BCUT2D eigenvalue weighted by Gasteiger charge is -2.22. The zero-order chi connectivity index (χ0) is 34.2. The van der Waals surface area contributed by atoms with Crippen molar-refractivity contribution in [3.8, 4) is 66.8 Å². The minimum atomic E-state index is 1.22. The lowest BCUT2D eigenvalue weighted by Crippen LogP contribution is -1.94. The van der Waals surface area contributed by atoms with Crippen molar-refractivity contribution in [2.24, 2.45) is 0 Å². The van der Waals surface area contributed by atoms with Crippen LogP contribution in [0.5, 0.6) is 0 Å². The van der Waals surface area contributed by atoms with Crippen LogP contribution >= 0.6 is 0 Å². The lowest BCUT2D eigenvalue weighted by atomic mass is 9.81. The molecule has 0 unspecified atom stereocenters. The van der Waals surface area contributed by atoms with Gasteiger partial charge in [-0.1, -0.05) is 164 Å². The van der Waals surface area contributed by atoms with Gasteiger partial charge in [0.15, 0.2) is 0 Å². The molecule has 0 nitrogen and oxygen atoms in total. The molecular formula is C52H32. The topological polar surface area (TPSA) is 0 Å². The summed E-state index contributed by atoms with van der Waals surface area (Å²) >= 11 is 0. The minimum absolute atomic E-state index is 1.22. The second-order valence-electron chi connectivity index (χ2n) is 14.0. The molecule has 1 aliphatic rings. The molecule has 0 aliphatic heterocycles. The Labute approximate surface area is 302 Å². The molecule has 0 atom stereocenters. The van der Waals surface area contributed by atoms with E-state index in [1.165, 1.54) is 110 Å². The van der Waals surface area contributed by atoms with Crippen LogP contribution in [-0.2, 0) is 0 Å². The summed E-state index contributed by atoms with van der Waals surface area (Å²) < 4.78 is 0. The molecule has 0 heterocycles. The van der Waals surface area contributed by atoms with E-state index in [1.54, 1.807) is 0 Å². The Morgan fingerprint density at radius 1 is 0.212 bits per heavy atom. The Morgan fingerprint density at radius 3 is 1.17 bits per heavy atom. The predicted molar refractivity (Wildman–Crippen MR) is 223 cm³/mol. The summed E-state index contributed by atoms with van der Waals surface area (Å²) in [5.41, 5.74) is 15.3. The summed E-state index contributed by atoms with van der Waals surface area (Å²) in [7, 11) is 0. The molecule has 0 aromatic heterocycles. The van der Waals surface area contributed by atoms with Crippen LogP contribution in [0.4, 0.5) is 0 Å². The third-order valence-electron chi connectivity index (χ3n) is 11.1. The maximum absolute atomic E-state index is 2.47. The van der Waals surface area contributed by atoms with Gasteiger partial charge in [0, 0.05) is 0 Å². The van der Waals surface area contributed by atoms with E-state index in [0.717, 1.165) is 0 Å². The van der Waals surface area contributed by atoms with E-state index in [2.05, 4.69) is 194 Å². The standard InChI is InChI=1S/C52H32/c1-5-16-33(17-6-1)43-29-38-31-45-46(32-39(38)30-44(43)34-18-7-2-8-19-34)49(36-22-11-4-12-23-36)52-47-28-37-24-13-14-25-40(37)41-26-15-27-42(50(41)47)51(52)48(45)35-20-9-3-10-21-35/h1-32H. The van der Waals surface area contributed by atoms with Crippen molar-refractivity contribution in [3.05, 3.63) is 194 Å². The normalized spacial score (nSPS) is 11.8. The van der Waals surface area contributed by atoms with E-state index in [1.807, 2.05) is 0 Å². The zero-order valence-corrected chi connectivity index (χ0v) is 28.5. The molecule has 0 saturated carbocycles. The lowest BCUT2D eigenvalue weighted by molar-refractivity contribution is 1.60. The monoisotopic (exact) mass is 656 g/mol. The summed E-state index contributed by atoms with van der Waals surface area (Å²) in [6, 6.07) is 71.8. The quantitative estimate of drug-likeness (QED) is 0.131. The van der Waals surface area contributed by atoms with Crippen LogP contribution < -0.4 is 0 Å². The van der Waals surface area contributed by atoms with Crippen molar-refractivity contribution in [2.45, 2.75) is 0 Å². The van der Waals surface area contributed by atoms with E-state index in [0.29, 0.717) is 0 Å². The Morgan fingerprint density at radius 2 is 0.635 bits per heavy atom. The molecule has 0 amide bonds. The summed E-state index contributed by atoms with van der Waals surface area (Å²) in [5.74, 6) is 0. The fraction of sp³-hybridized carbons (Fsp3) is 0. The van der Waals surface area contributed by atoms with Crippen molar-refractivity contribution in [1.29, 1.82) is 0 Å². The largest absolute Gasteiger partial charge is 0.0622 e. The summed E-state index contributed by atoms with van der Waals surface area (Å²) in [6.45, 7) is 0. The number of benzene rings is 10. The van der Waals surface area contributed by atoms with Crippen molar-refractivity contribution in [3.63, 3.8) is 0 Å². The second-order valence-corrected chi connectivity index (χ2v) is 14.0. The third-order valence-corrected chi connectivity index (χ3v) is 11.1. The fourth-order valence-electron chi connectivity index (χ4n) is 8.91. The summed E-state index contributed by atoms with van der Waals surface area (Å²) in [6.07, 6.45) is 0. The van der Waals surface area contributed by atoms with Gasteiger partial charge in [-0.05, 0) is 140 Å². The predicted octanol–water partition coefficient (Wildman–Crippen LogP) is 14.6. The molecule has 1 aliphatic carbocycles. The molecule has 11 rings (SSSR count). The molecule has 0 radical (unpaired) electrons. The van der Waals surface area contributed by atoms with Gasteiger partial charge in [-0.15, -0.1) is 0 Å². The average Bonchev–Trinajstić information content (AvgIpc) is 3.54. The SMILES string of the molecule is c1ccc(-c2cc3cc4c(-c5ccccc5)c5c(c(-c6ccccc6)c4cc3cc2-c2ccccc2)-c2cc3ccccc3c3cccc-5c23)cc1. The summed E-state index contributed by atoms with van der Waals surface area (Å²) in [4.78, 5) is 0. The maximum Gasteiger partial charge on any atom is -0.000719 e. The first-order valence-electron chi connectivity index (χ1n) is 18.1. The van der Waals surface area contributed by atoms with Gasteiger partial charge in [0.05, 0.1) is 0 Å². The van der Waals surface area contributed by atoms with E-state index in [4.69, 9.17) is 0 Å². The van der Waals surface area contributed by atoms with Gasteiger partial charge in [-0.2, -0.15) is 0 Å². The Kier molecular flexibility index (Phi) is 6.35. The van der Waals surface area contributed by atoms with Gasteiger partial charge in [0.25, 0.3) is 0 Å². The fourth-order valence-corrected chi connectivity index (χ4v) is 8.91. The van der Waals surface area contributed by atoms with E-state index < -0.39 is 0 Å². The van der Waals surface area contributed by atoms with Gasteiger partial charge in [-0.3, -0.25) is 0 Å². The van der Waals surface area contributed by atoms with Crippen LogP contribution in [0.2, 0.25) is 0 Å². The van der Waals surface area contributed by atoms with Gasteiger partial charge in [-0.25, -0.2) is 0 Å². The highest BCUT2D eigenvalue weighted by Crippen LogP contribution is 2.59. The van der Waals surface area contributed by atoms with Crippen LogP contribution in [-0.4, -0.2) is 0 Å². The first kappa shape index (κ1) is 29.0. The molecule has 0 saturated heterocycles. The molecule has 10 aromatic rings. The zero-order valence-electron chi connectivity index (χ0n) is 28.5. The molecular weight excluding hydrogens is 625 g/mol. The number of rotatable bonds is 4. The summed E-state index contributed by atoms with van der Waals surface area (Å²) in [5, 5.41) is 10.3. The van der Waals surface area contributed by atoms with Gasteiger partial charge >= 0.3 is 0 Å². The smallest absolute Gasteiger partial charge is 0.000719 e. The number of hydrogen-bond donors (Lipinski definition) is 0. The highest BCUT2D eigenvalue weighted by atomic mass is 14.3. The van der Waals surface area contributed by atoms with Crippen LogP contribution in [0.3, 0.4) is 0 Å². The Hall–Kier alpha value is -6.76. The van der Waals surface area contributed by atoms with Crippen LogP contribution in [0.1, 0.15) is 0 Å². The first-order valence-corrected chi connectivity index (χ1v) is 18.1. The first-order chi connectivity index (χ1) is 25.8. The van der Waals surface area contributed by atoms with Crippen molar-refractivity contribution in [1.82, 2.24) is 0 Å². The molecule has 0 spiro atoms. The van der Waals surface area contributed by atoms with Crippen LogP contribution in [0, 0.1) is 0 Å². The molecule has 0 bridgehead atoms. The second kappa shape index (κ2) is 11.4. The van der Waals surface area contributed by atoms with E-state index in [-0.39, 0.29) is 0 Å². The molecule has 10 aromatic carbocycles. The Bertz CT molecular complexity index is 3010. The van der Waals surface area contributed by atoms with Crippen molar-refractivity contribution in [2.75, 3.05) is 0 Å². The molecule has 0 N–H and O–H groups in total. The van der Waals surface area contributed by atoms with Crippen molar-refractivity contribution < 1.29 is 0 Å². The highest BCUT2D eigenvalue weighted by molar-refractivity contribution is 6.31. The van der Waals surface area contributed by atoms with Crippen LogP contribution in [0.15, 0.2) is 194 Å². The Balaban J connectivity index is 1.35. The van der Waals surface area contributed by atoms with E-state index in [9.17, 15) is 0 Å². The minimum Gasteiger partial charge on any atom is -0.0622 e. The van der Waals surface area contributed by atoms with Gasteiger partial charge in [0.2, 0.25) is 0 Å². The maximum atomic E-state index is 2.47. The highest BCUT2D eigenvalue weighted by Gasteiger charge is 2.31. The molecule has 0 heteroatoms. The number of hydrogen-bond acceptors (Lipinski definition) is 0. The van der Waals surface area contributed by atoms with Gasteiger partial charge in [0.1, 0.15) is 0 Å².